The van der Waals surface area contributed by atoms with Crippen molar-refractivity contribution in [3.05, 3.63) is 80.5 Å². The van der Waals surface area contributed by atoms with E-state index in [4.69, 9.17) is 4.74 Å². The summed E-state index contributed by atoms with van der Waals surface area (Å²) in [4.78, 5) is 42.2. The lowest BCUT2D eigenvalue weighted by molar-refractivity contribution is -0.116. The van der Waals surface area contributed by atoms with Crippen LogP contribution < -0.4 is 21.3 Å². The molecule has 1 aliphatic heterocycles. The zero-order chi connectivity index (χ0) is 21.9. The van der Waals surface area contributed by atoms with Gasteiger partial charge in [0.15, 0.2) is 0 Å². The van der Waals surface area contributed by atoms with Gasteiger partial charge in [0.1, 0.15) is 11.4 Å². The second-order valence-corrected chi connectivity index (χ2v) is 7.55. The number of aromatic nitrogens is 3. The molecule has 156 valence electrons. The zero-order valence-corrected chi connectivity index (χ0v) is 17.2. The lowest BCUT2D eigenvalue weighted by atomic mass is 9.89. The third kappa shape index (κ3) is 2.58. The Labute approximate surface area is 176 Å². The average molecular weight is 416 g/mol. The maximum Gasteiger partial charge on any atom is 0.332 e. The summed E-state index contributed by atoms with van der Waals surface area (Å²) in [5, 5.41) is 3.21. The highest BCUT2D eigenvalue weighted by Gasteiger charge is 2.37. The molecule has 5 rings (SSSR count). The van der Waals surface area contributed by atoms with Crippen LogP contribution in [0.25, 0.3) is 22.3 Å². The van der Waals surface area contributed by atoms with E-state index in [0.29, 0.717) is 39.3 Å². The highest BCUT2D eigenvalue weighted by molar-refractivity contribution is 6.09. The molecule has 0 unspecified atom stereocenters. The second-order valence-electron chi connectivity index (χ2n) is 7.55. The quantitative estimate of drug-likeness (QED) is 0.536. The molecule has 1 amide bonds. The Morgan fingerprint density at radius 2 is 1.65 bits per heavy atom. The minimum Gasteiger partial charge on any atom is -0.496 e. The molecule has 0 saturated carbocycles. The number of methoxy groups -OCH3 is 1. The lowest BCUT2D eigenvalue weighted by Crippen LogP contribution is -2.37. The van der Waals surface area contributed by atoms with Gasteiger partial charge in [-0.1, -0.05) is 30.3 Å². The number of carbonyl (C=O) groups excluding carboxylic acids is 1. The maximum atomic E-state index is 13.3. The number of fused-ring (bicyclic) bond motifs is 2. The summed E-state index contributed by atoms with van der Waals surface area (Å²) in [5.74, 6) is -0.354. The molecule has 1 aliphatic rings. The highest BCUT2D eigenvalue weighted by Crippen LogP contribution is 2.44. The van der Waals surface area contributed by atoms with E-state index in [9.17, 15) is 14.4 Å². The molecular formula is C23H20N4O4. The van der Waals surface area contributed by atoms with Crippen LogP contribution in [0.1, 0.15) is 17.0 Å². The van der Waals surface area contributed by atoms with E-state index in [1.54, 1.807) is 14.2 Å². The fourth-order valence-corrected chi connectivity index (χ4v) is 4.39. The average Bonchev–Trinajstić information content (AvgIpc) is 3.33. The Balaban J connectivity index is 1.97. The number of aromatic amines is 1. The third-order valence-corrected chi connectivity index (χ3v) is 5.90. The Bertz CT molecular complexity index is 1490. The first kappa shape index (κ1) is 18.9. The largest absolute Gasteiger partial charge is 0.496 e. The molecule has 31 heavy (non-hydrogen) atoms. The molecule has 2 N–H and O–H groups in total. The predicted octanol–water partition coefficient (Wildman–Crippen LogP) is 2.32. The van der Waals surface area contributed by atoms with E-state index < -0.39 is 17.2 Å². The van der Waals surface area contributed by atoms with Crippen LogP contribution in [0.5, 0.6) is 5.75 Å². The van der Waals surface area contributed by atoms with Gasteiger partial charge in [-0.15, -0.1) is 0 Å². The number of amides is 1. The highest BCUT2D eigenvalue weighted by atomic mass is 16.5. The summed E-state index contributed by atoms with van der Waals surface area (Å²) in [6, 6.07) is 14.8. The zero-order valence-electron chi connectivity index (χ0n) is 17.2. The van der Waals surface area contributed by atoms with Crippen LogP contribution in [0.2, 0.25) is 0 Å². The number of nitrogens with one attached hydrogen (secondary N) is 2. The Morgan fingerprint density at radius 1 is 0.935 bits per heavy atom. The van der Waals surface area contributed by atoms with Crippen molar-refractivity contribution in [2.24, 2.45) is 14.1 Å². The maximum absolute atomic E-state index is 13.3. The minimum absolute atomic E-state index is 0.228. The van der Waals surface area contributed by atoms with Crippen LogP contribution in [0.15, 0.2) is 58.1 Å². The smallest absolute Gasteiger partial charge is 0.332 e. The van der Waals surface area contributed by atoms with Crippen molar-refractivity contribution < 1.29 is 9.53 Å². The molecular weight excluding hydrogens is 396 g/mol. The van der Waals surface area contributed by atoms with Gasteiger partial charge in [0.05, 0.1) is 24.1 Å². The molecule has 4 aromatic rings. The number of H-pyrrole nitrogens is 1. The summed E-state index contributed by atoms with van der Waals surface area (Å²) in [6.45, 7) is 0. The topological polar surface area (TPSA) is 98.1 Å². The number of rotatable bonds is 3. The van der Waals surface area contributed by atoms with Gasteiger partial charge in [0.2, 0.25) is 5.91 Å². The number of ether oxygens (including phenoxy) is 1. The molecule has 0 radical (unpaired) electrons. The van der Waals surface area contributed by atoms with E-state index in [1.807, 2.05) is 48.5 Å². The Morgan fingerprint density at radius 3 is 2.42 bits per heavy atom. The molecule has 0 fully saturated rings. The van der Waals surface area contributed by atoms with Crippen molar-refractivity contribution in [1.82, 2.24) is 14.1 Å². The molecule has 2 aromatic heterocycles. The molecule has 8 nitrogen and oxygen atoms in total. The Hall–Kier alpha value is -4.07. The number of nitrogens with zero attached hydrogens (tertiary/aromatic N) is 2. The minimum atomic E-state index is -0.713. The monoisotopic (exact) mass is 416 g/mol. The normalized spacial score (nSPS) is 15.2. The molecule has 0 saturated heterocycles. The number of aryl methyl sites for hydroxylation is 1. The van der Waals surface area contributed by atoms with Crippen LogP contribution in [-0.4, -0.2) is 27.1 Å². The second kappa shape index (κ2) is 6.73. The van der Waals surface area contributed by atoms with Gasteiger partial charge < -0.3 is 15.0 Å². The summed E-state index contributed by atoms with van der Waals surface area (Å²) < 4.78 is 7.99. The SMILES string of the molecule is COc1ccccc1-c1[nH]c2c(c1[C@H]1C(=O)Nc3ccccc31)c(=O)n(C)c(=O)n2C. The van der Waals surface area contributed by atoms with Gasteiger partial charge in [-0.3, -0.25) is 18.7 Å². The van der Waals surface area contributed by atoms with E-state index in [0.717, 1.165) is 10.1 Å². The van der Waals surface area contributed by atoms with Crippen molar-refractivity contribution in [3.8, 4) is 17.0 Å². The van der Waals surface area contributed by atoms with E-state index in [1.165, 1.54) is 11.6 Å². The van der Waals surface area contributed by atoms with Crippen LogP contribution in [0.3, 0.4) is 0 Å². The molecule has 2 aromatic carbocycles. The number of anilines is 1. The number of carbonyl (C=O) groups is 1. The van der Waals surface area contributed by atoms with Crippen LogP contribution in [0.4, 0.5) is 5.69 Å². The number of benzene rings is 2. The summed E-state index contributed by atoms with van der Waals surface area (Å²) >= 11 is 0. The van der Waals surface area contributed by atoms with Crippen molar-refractivity contribution in [3.63, 3.8) is 0 Å². The molecule has 3 heterocycles. The fraction of sp³-hybridized carbons (Fsp3) is 0.174. The fourth-order valence-electron chi connectivity index (χ4n) is 4.39. The van der Waals surface area contributed by atoms with Gasteiger partial charge >= 0.3 is 5.69 Å². The van der Waals surface area contributed by atoms with Gasteiger partial charge in [-0.25, -0.2) is 4.79 Å². The molecule has 1 atom stereocenters. The van der Waals surface area contributed by atoms with Gasteiger partial charge in [-0.2, -0.15) is 0 Å². The molecule has 8 heteroatoms. The summed E-state index contributed by atoms with van der Waals surface area (Å²) in [6.07, 6.45) is 0. The van der Waals surface area contributed by atoms with Crippen LogP contribution >= 0.6 is 0 Å². The lowest BCUT2D eigenvalue weighted by Gasteiger charge is -2.14. The first-order valence-electron chi connectivity index (χ1n) is 9.78. The summed E-state index contributed by atoms with van der Waals surface area (Å²) in [5.41, 5.74) is 2.74. The van der Waals surface area contributed by atoms with E-state index in [-0.39, 0.29) is 5.91 Å². The van der Waals surface area contributed by atoms with Gasteiger partial charge in [-0.05, 0) is 23.8 Å². The molecule has 0 aliphatic carbocycles. The van der Waals surface area contributed by atoms with Crippen molar-refractivity contribution >= 4 is 22.6 Å². The molecule has 0 spiro atoms. The van der Waals surface area contributed by atoms with Gasteiger partial charge in [0, 0.05) is 30.9 Å². The van der Waals surface area contributed by atoms with E-state index >= 15 is 0 Å². The predicted molar refractivity (Wildman–Crippen MR) is 118 cm³/mol. The van der Waals surface area contributed by atoms with Crippen LogP contribution in [0, 0.1) is 0 Å². The first-order chi connectivity index (χ1) is 14.9. The first-order valence-corrected chi connectivity index (χ1v) is 9.78. The Kier molecular flexibility index (Phi) is 4.11. The van der Waals surface area contributed by atoms with Crippen molar-refractivity contribution in [1.29, 1.82) is 0 Å². The summed E-state index contributed by atoms with van der Waals surface area (Å²) in [7, 11) is 4.60. The number of para-hydroxylation sites is 2. The van der Waals surface area contributed by atoms with E-state index in [2.05, 4.69) is 10.3 Å². The standard InChI is InChI=1S/C23H20N4O4/c1-26-20-18(22(29)27(2)23(26)30)17(16-12-8-4-6-10-14(12)24-21(16)28)19(25-20)13-9-5-7-11-15(13)31-3/h4-11,16,25H,1-3H3,(H,24,28)/t16-/m0/s1. The number of hydrogen-bond donors (Lipinski definition) is 2. The van der Waals surface area contributed by atoms with Gasteiger partial charge in [0.25, 0.3) is 5.56 Å². The van der Waals surface area contributed by atoms with Crippen molar-refractivity contribution in [2.75, 3.05) is 12.4 Å². The third-order valence-electron chi connectivity index (χ3n) is 5.90. The molecule has 0 bridgehead atoms. The number of hydrogen-bond acceptors (Lipinski definition) is 4. The van der Waals surface area contributed by atoms with Crippen molar-refractivity contribution in [2.45, 2.75) is 5.92 Å². The van der Waals surface area contributed by atoms with Crippen LogP contribution in [-0.2, 0) is 18.9 Å².